The van der Waals surface area contributed by atoms with Gasteiger partial charge in [0.15, 0.2) is 0 Å². The second kappa shape index (κ2) is 6.83. The van der Waals surface area contributed by atoms with E-state index in [0.717, 1.165) is 37.1 Å². The van der Waals surface area contributed by atoms with Crippen LogP contribution in [0.5, 0.6) is 0 Å². The Kier molecular flexibility index (Phi) is 5.69. The monoisotopic (exact) mass is 270 g/mol. The first-order valence-corrected chi connectivity index (χ1v) is 6.70. The Balaban J connectivity index is 2.88. The molecule has 0 spiro atoms. The fourth-order valence-corrected chi connectivity index (χ4v) is 2.12. The molecule has 0 saturated carbocycles. The average Bonchev–Trinajstić information content (AvgIpc) is 2.29. The van der Waals surface area contributed by atoms with Crippen molar-refractivity contribution in [3.63, 3.8) is 0 Å². The summed E-state index contributed by atoms with van der Waals surface area (Å²) in [5, 5.41) is 0.875. The maximum absolute atomic E-state index is 4.48. The van der Waals surface area contributed by atoms with E-state index in [9.17, 15) is 0 Å². The molecule has 1 aromatic rings. The van der Waals surface area contributed by atoms with Crippen LogP contribution >= 0.6 is 15.9 Å². The Morgan fingerprint density at radius 3 is 2.47 bits per heavy atom. The minimum absolute atomic E-state index is 0.875. The van der Waals surface area contributed by atoms with Gasteiger partial charge in [-0.3, -0.25) is 0 Å². The summed E-state index contributed by atoms with van der Waals surface area (Å²) in [6, 6.07) is 4.13. The van der Waals surface area contributed by atoms with Gasteiger partial charge in [0.1, 0.15) is 5.82 Å². The molecule has 0 amide bonds. The van der Waals surface area contributed by atoms with Gasteiger partial charge in [0.25, 0.3) is 0 Å². The zero-order valence-corrected chi connectivity index (χ0v) is 11.1. The van der Waals surface area contributed by atoms with Crippen LogP contribution in [-0.2, 0) is 5.33 Å². The van der Waals surface area contributed by atoms with Gasteiger partial charge in [-0.2, -0.15) is 0 Å². The number of halogens is 1. The van der Waals surface area contributed by atoms with Crippen molar-refractivity contribution in [2.75, 3.05) is 18.0 Å². The van der Waals surface area contributed by atoms with E-state index in [1.807, 2.05) is 12.3 Å². The molecule has 0 aliphatic heterocycles. The third-order valence-electron chi connectivity index (χ3n) is 2.30. The number of pyridine rings is 1. The first kappa shape index (κ1) is 12.5. The van der Waals surface area contributed by atoms with E-state index in [1.54, 1.807) is 0 Å². The lowest BCUT2D eigenvalue weighted by molar-refractivity contribution is 0.731. The van der Waals surface area contributed by atoms with E-state index < -0.39 is 0 Å². The Morgan fingerprint density at radius 2 is 1.93 bits per heavy atom. The minimum atomic E-state index is 0.875. The molecule has 15 heavy (non-hydrogen) atoms. The fraction of sp³-hybridized carbons (Fsp3) is 0.583. The van der Waals surface area contributed by atoms with Crippen LogP contribution in [0.1, 0.15) is 32.3 Å². The van der Waals surface area contributed by atoms with Gasteiger partial charge in [-0.05, 0) is 18.9 Å². The van der Waals surface area contributed by atoms with Crippen LogP contribution in [0, 0.1) is 0 Å². The van der Waals surface area contributed by atoms with Crippen molar-refractivity contribution < 1.29 is 0 Å². The topological polar surface area (TPSA) is 16.1 Å². The molecule has 0 unspecified atom stereocenters. The zero-order chi connectivity index (χ0) is 11.1. The van der Waals surface area contributed by atoms with Crippen molar-refractivity contribution in [1.82, 2.24) is 4.98 Å². The van der Waals surface area contributed by atoms with E-state index in [-0.39, 0.29) is 0 Å². The number of nitrogens with zero attached hydrogens (tertiary/aromatic N) is 2. The van der Waals surface area contributed by atoms with Crippen molar-refractivity contribution in [1.29, 1.82) is 0 Å². The van der Waals surface area contributed by atoms with E-state index in [4.69, 9.17) is 0 Å². The first-order chi connectivity index (χ1) is 7.33. The first-order valence-electron chi connectivity index (χ1n) is 5.58. The summed E-state index contributed by atoms with van der Waals surface area (Å²) < 4.78 is 0. The molecule has 1 rings (SSSR count). The Labute approximate surface area is 101 Å². The largest absolute Gasteiger partial charge is 0.356 e. The van der Waals surface area contributed by atoms with Crippen molar-refractivity contribution >= 4 is 21.7 Å². The van der Waals surface area contributed by atoms with Gasteiger partial charge in [0, 0.05) is 30.2 Å². The van der Waals surface area contributed by atoms with Gasteiger partial charge >= 0.3 is 0 Å². The van der Waals surface area contributed by atoms with E-state index >= 15 is 0 Å². The van der Waals surface area contributed by atoms with Crippen LogP contribution in [0.2, 0.25) is 0 Å². The zero-order valence-electron chi connectivity index (χ0n) is 9.54. The van der Waals surface area contributed by atoms with E-state index in [2.05, 4.69) is 45.7 Å². The highest BCUT2D eigenvalue weighted by atomic mass is 79.9. The third-order valence-corrected chi connectivity index (χ3v) is 2.90. The van der Waals surface area contributed by atoms with Gasteiger partial charge < -0.3 is 4.90 Å². The van der Waals surface area contributed by atoms with Crippen LogP contribution in [-0.4, -0.2) is 18.1 Å². The number of hydrogen-bond donors (Lipinski definition) is 0. The predicted octanol–water partition coefficient (Wildman–Crippen LogP) is 3.60. The number of alkyl halides is 1. The maximum atomic E-state index is 4.48. The molecule has 3 heteroatoms. The maximum Gasteiger partial charge on any atom is 0.132 e. The van der Waals surface area contributed by atoms with Gasteiger partial charge in [-0.15, -0.1) is 0 Å². The molecule has 0 fully saturated rings. The standard InChI is InChI=1S/C12H19BrN2/c1-3-8-15(9-4-2)12-11(10-13)6-5-7-14-12/h5-7H,3-4,8-10H2,1-2H3. The lowest BCUT2D eigenvalue weighted by atomic mass is 10.2. The number of hydrogen-bond acceptors (Lipinski definition) is 2. The molecule has 0 bridgehead atoms. The molecule has 2 nitrogen and oxygen atoms in total. The third kappa shape index (κ3) is 3.49. The Bertz CT molecular complexity index is 283. The summed E-state index contributed by atoms with van der Waals surface area (Å²) in [5.41, 5.74) is 1.28. The Hall–Kier alpha value is -0.570. The molecular formula is C12H19BrN2. The summed E-state index contributed by atoms with van der Waals surface area (Å²) in [6.45, 7) is 6.59. The quantitative estimate of drug-likeness (QED) is 0.735. The normalized spacial score (nSPS) is 10.3. The van der Waals surface area contributed by atoms with Crippen LogP contribution < -0.4 is 4.90 Å². The van der Waals surface area contributed by atoms with Gasteiger partial charge in [-0.1, -0.05) is 35.8 Å². The predicted molar refractivity (Wildman–Crippen MR) is 69.7 cm³/mol. The van der Waals surface area contributed by atoms with Crippen LogP contribution in [0.4, 0.5) is 5.82 Å². The minimum Gasteiger partial charge on any atom is -0.356 e. The molecule has 0 aliphatic carbocycles. The molecule has 1 aromatic heterocycles. The lowest BCUT2D eigenvalue weighted by Crippen LogP contribution is -2.26. The second-order valence-corrected chi connectivity index (χ2v) is 4.17. The average molecular weight is 271 g/mol. The van der Waals surface area contributed by atoms with E-state index in [0.29, 0.717) is 0 Å². The molecule has 84 valence electrons. The van der Waals surface area contributed by atoms with Crippen molar-refractivity contribution in [3.8, 4) is 0 Å². The smallest absolute Gasteiger partial charge is 0.132 e. The molecule has 0 radical (unpaired) electrons. The van der Waals surface area contributed by atoms with Crippen molar-refractivity contribution in [2.24, 2.45) is 0 Å². The molecule has 0 aliphatic rings. The summed E-state index contributed by atoms with van der Waals surface area (Å²) >= 11 is 3.51. The van der Waals surface area contributed by atoms with Crippen LogP contribution in [0.3, 0.4) is 0 Å². The SMILES string of the molecule is CCCN(CCC)c1ncccc1CBr. The highest BCUT2D eigenvalue weighted by Crippen LogP contribution is 2.20. The second-order valence-electron chi connectivity index (χ2n) is 3.61. The van der Waals surface area contributed by atoms with Gasteiger partial charge in [0.05, 0.1) is 0 Å². The van der Waals surface area contributed by atoms with Gasteiger partial charge in [-0.25, -0.2) is 4.98 Å². The van der Waals surface area contributed by atoms with Crippen molar-refractivity contribution in [3.05, 3.63) is 23.9 Å². The highest BCUT2D eigenvalue weighted by Gasteiger charge is 2.09. The molecule has 1 heterocycles. The number of anilines is 1. The Morgan fingerprint density at radius 1 is 1.27 bits per heavy atom. The van der Waals surface area contributed by atoms with E-state index in [1.165, 1.54) is 5.56 Å². The highest BCUT2D eigenvalue weighted by molar-refractivity contribution is 9.08. The van der Waals surface area contributed by atoms with Crippen molar-refractivity contribution in [2.45, 2.75) is 32.0 Å². The summed E-state index contributed by atoms with van der Waals surface area (Å²) in [6.07, 6.45) is 4.20. The molecular weight excluding hydrogens is 252 g/mol. The molecule has 0 aromatic carbocycles. The molecule has 0 N–H and O–H groups in total. The molecule has 0 atom stereocenters. The lowest BCUT2D eigenvalue weighted by Gasteiger charge is -2.24. The van der Waals surface area contributed by atoms with Crippen LogP contribution in [0.25, 0.3) is 0 Å². The van der Waals surface area contributed by atoms with Crippen LogP contribution in [0.15, 0.2) is 18.3 Å². The fourth-order valence-electron chi connectivity index (χ4n) is 1.68. The molecule has 0 saturated heterocycles. The summed E-state index contributed by atoms with van der Waals surface area (Å²) in [7, 11) is 0. The number of rotatable bonds is 6. The van der Waals surface area contributed by atoms with Gasteiger partial charge in [0.2, 0.25) is 0 Å². The summed E-state index contributed by atoms with van der Waals surface area (Å²) in [4.78, 5) is 6.85. The number of aromatic nitrogens is 1. The summed E-state index contributed by atoms with van der Waals surface area (Å²) in [5.74, 6) is 1.14.